The maximum atomic E-state index is 12.9. The Bertz CT molecular complexity index is 615. The maximum absolute atomic E-state index is 12.9. The zero-order chi connectivity index (χ0) is 24.8. The van der Waals surface area contributed by atoms with E-state index in [0.717, 1.165) is 0 Å². The lowest BCUT2D eigenvalue weighted by atomic mass is 9.97. The van der Waals surface area contributed by atoms with Gasteiger partial charge in [0.05, 0.1) is 6.61 Å². The molecular weight excluding hydrogens is 418 g/mol. The minimum Gasteiger partial charge on any atom is -0.480 e. The van der Waals surface area contributed by atoms with Crippen LogP contribution in [-0.2, 0) is 19.2 Å². The smallest absolute Gasteiger partial charge is 0.326 e. The molecule has 5 atom stereocenters. The first-order valence-electron chi connectivity index (χ1n) is 11.2. The van der Waals surface area contributed by atoms with Crippen molar-refractivity contribution in [2.24, 2.45) is 23.3 Å². The number of aliphatic hydroxyl groups excluding tert-OH is 1. The monoisotopic (exact) mass is 459 g/mol. The van der Waals surface area contributed by atoms with E-state index in [1.54, 1.807) is 6.92 Å². The molecule has 32 heavy (non-hydrogen) atoms. The van der Waals surface area contributed by atoms with Crippen LogP contribution in [0.3, 0.4) is 0 Å². The first kappa shape index (κ1) is 29.8. The van der Waals surface area contributed by atoms with Crippen molar-refractivity contribution in [1.82, 2.24) is 16.0 Å². The fourth-order valence-corrected chi connectivity index (χ4v) is 3.04. The van der Waals surface area contributed by atoms with Crippen molar-refractivity contribution in [2.75, 3.05) is 13.2 Å². The van der Waals surface area contributed by atoms with Crippen molar-refractivity contribution in [3.63, 3.8) is 0 Å². The summed E-state index contributed by atoms with van der Waals surface area (Å²) in [4.78, 5) is 49.5. The normalized spacial score (nSPS) is 15.9. The predicted molar refractivity (Wildman–Crippen MR) is 120 cm³/mol. The number of aliphatic hydroxyl groups is 1. The minimum atomic E-state index is -1.18. The molecule has 0 bridgehead atoms. The molecule has 0 radical (unpaired) electrons. The molecule has 0 aromatic rings. The van der Waals surface area contributed by atoms with Gasteiger partial charge in [-0.15, -0.1) is 0 Å². The van der Waals surface area contributed by atoms with E-state index in [1.807, 2.05) is 20.8 Å². The topological polar surface area (TPSA) is 197 Å². The molecular formula is C21H41N5O6. The van der Waals surface area contributed by atoms with Crippen molar-refractivity contribution in [2.45, 2.75) is 84.0 Å². The van der Waals surface area contributed by atoms with Crippen molar-refractivity contribution in [1.29, 1.82) is 0 Å². The molecule has 9 N–H and O–H groups in total. The Labute approximate surface area is 190 Å². The molecule has 0 saturated carbocycles. The van der Waals surface area contributed by atoms with Crippen molar-refractivity contribution < 1.29 is 29.4 Å². The van der Waals surface area contributed by atoms with E-state index in [9.17, 15) is 24.3 Å². The largest absolute Gasteiger partial charge is 0.480 e. The highest BCUT2D eigenvalue weighted by Gasteiger charge is 2.32. The maximum Gasteiger partial charge on any atom is 0.326 e. The van der Waals surface area contributed by atoms with Crippen LogP contribution in [0.15, 0.2) is 0 Å². The second-order valence-electron chi connectivity index (χ2n) is 8.54. The van der Waals surface area contributed by atoms with Gasteiger partial charge in [-0.05, 0) is 44.1 Å². The number of amides is 3. The number of hydrogen-bond donors (Lipinski definition) is 7. The lowest BCUT2D eigenvalue weighted by Crippen LogP contribution is -2.58. The average molecular weight is 460 g/mol. The number of aliphatic carboxylic acids is 1. The summed E-state index contributed by atoms with van der Waals surface area (Å²) in [6.07, 6.45) is 2.30. The summed E-state index contributed by atoms with van der Waals surface area (Å²) < 4.78 is 0. The van der Waals surface area contributed by atoms with Gasteiger partial charge in [0.2, 0.25) is 17.7 Å². The van der Waals surface area contributed by atoms with Crippen molar-refractivity contribution >= 4 is 23.7 Å². The number of unbranched alkanes of at least 4 members (excludes halogenated alkanes) is 1. The van der Waals surface area contributed by atoms with Crippen LogP contribution in [0, 0.1) is 11.8 Å². The number of hydrogen-bond acceptors (Lipinski definition) is 7. The number of carboxylic acid groups (broad SMARTS) is 1. The molecule has 0 aromatic heterocycles. The van der Waals surface area contributed by atoms with E-state index in [4.69, 9.17) is 16.6 Å². The third kappa shape index (κ3) is 10.9. The highest BCUT2D eigenvalue weighted by molar-refractivity contribution is 5.94. The van der Waals surface area contributed by atoms with Gasteiger partial charge in [0.15, 0.2) is 0 Å². The zero-order valence-electron chi connectivity index (χ0n) is 19.6. The molecule has 0 heterocycles. The molecule has 0 spiro atoms. The molecule has 0 saturated heterocycles. The van der Waals surface area contributed by atoms with Gasteiger partial charge in [0, 0.05) is 0 Å². The van der Waals surface area contributed by atoms with Gasteiger partial charge in [-0.3, -0.25) is 14.4 Å². The van der Waals surface area contributed by atoms with E-state index in [2.05, 4.69) is 16.0 Å². The first-order chi connectivity index (χ1) is 15.0. The lowest BCUT2D eigenvalue weighted by Gasteiger charge is -2.27. The average Bonchev–Trinajstić information content (AvgIpc) is 2.74. The van der Waals surface area contributed by atoms with Gasteiger partial charge in [-0.1, -0.05) is 34.1 Å². The Morgan fingerprint density at radius 3 is 1.94 bits per heavy atom. The summed E-state index contributed by atoms with van der Waals surface area (Å²) in [7, 11) is 0. The van der Waals surface area contributed by atoms with Crippen LogP contribution >= 0.6 is 0 Å². The van der Waals surface area contributed by atoms with Crippen LogP contribution in [0.2, 0.25) is 0 Å². The molecule has 0 fully saturated rings. The molecule has 186 valence electrons. The Morgan fingerprint density at radius 2 is 1.47 bits per heavy atom. The number of carbonyl (C=O) groups excluding carboxylic acids is 3. The quantitative estimate of drug-likeness (QED) is 0.144. The van der Waals surface area contributed by atoms with Crippen molar-refractivity contribution in [3.05, 3.63) is 0 Å². The second-order valence-corrected chi connectivity index (χ2v) is 8.54. The van der Waals surface area contributed by atoms with Crippen LogP contribution < -0.4 is 27.4 Å². The Morgan fingerprint density at radius 1 is 0.906 bits per heavy atom. The standard InChI is InChI=1S/C21H41N5O6/c1-5-13(4)17(21(31)32)26-20(30)16(10-12(2)3)25-19(29)15(8-6-7-9-22)24-18(28)14(23)11-27/h12-17,27H,5-11,22-23H2,1-4H3,(H,24,28)(H,25,29)(H,26,30)(H,31,32). The molecule has 0 aromatic carbocycles. The molecule has 11 heteroatoms. The Kier molecular flexibility index (Phi) is 14.5. The highest BCUT2D eigenvalue weighted by Crippen LogP contribution is 2.11. The fraction of sp³-hybridized carbons (Fsp3) is 0.810. The van der Waals surface area contributed by atoms with E-state index >= 15 is 0 Å². The number of rotatable bonds is 16. The Hall–Kier alpha value is -2.24. The third-order valence-corrected chi connectivity index (χ3v) is 5.23. The fourth-order valence-electron chi connectivity index (χ4n) is 3.04. The summed E-state index contributed by atoms with van der Waals surface area (Å²) in [5, 5.41) is 26.2. The number of nitrogens with two attached hydrogens (primary N) is 2. The van der Waals surface area contributed by atoms with Crippen LogP contribution in [0.4, 0.5) is 0 Å². The van der Waals surface area contributed by atoms with Crippen LogP contribution in [0.1, 0.15) is 59.8 Å². The summed E-state index contributed by atoms with van der Waals surface area (Å²) in [6.45, 7) is 7.14. The van der Waals surface area contributed by atoms with Gasteiger partial charge in [-0.25, -0.2) is 4.79 Å². The number of carbonyl (C=O) groups is 4. The second kappa shape index (κ2) is 15.5. The summed E-state index contributed by atoms with van der Waals surface area (Å²) in [6, 6.07) is -4.21. The molecule has 3 amide bonds. The lowest BCUT2D eigenvalue weighted by molar-refractivity contribution is -0.144. The molecule has 0 aliphatic rings. The highest BCUT2D eigenvalue weighted by atomic mass is 16.4. The Balaban J connectivity index is 5.49. The number of nitrogens with one attached hydrogen (secondary N) is 3. The summed E-state index contributed by atoms with van der Waals surface area (Å²) in [5.74, 6) is -3.28. The summed E-state index contributed by atoms with van der Waals surface area (Å²) >= 11 is 0. The van der Waals surface area contributed by atoms with Gasteiger partial charge < -0.3 is 37.6 Å². The van der Waals surface area contributed by atoms with Gasteiger partial charge in [0.25, 0.3) is 0 Å². The molecule has 0 rings (SSSR count). The zero-order valence-corrected chi connectivity index (χ0v) is 19.6. The van der Waals surface area contributed by atoms with Crippen LogP contribution in [0.5, 0.6) is 0 Å². The minimum absolute atomic E-state index is 0.0334. The first-order valence-corrected chi connectivity index (χ1v) is 11.2. The van der Waals surface area contributed by atoms with Crippen LogP contribution in [-0.4, -0.2) is 71.2 Å². The molecule has 11 nitrogen and oxygen atoms in total. The third-order valence-electron chi connectivity index (χ3n) is 5.23. The van der Waals surface area contributed by atoms with Crippen LogP contribution in [0.25, 0.3) is 0 Å². The van der Waals surface area contributed by atoms with Gasteiger partial charge in [-0.2, -0.15) is 0 Å². The molecule has 0 aliphatic carbocycles. The number of carboxylic acids is 1. The van der Waals surface area contributed by atoms with E-state index < -0.39 is 54.5 Å². The van der Waals surface area contributed by atoms with E-state index in [1.165, 1.54) is 0 Å². The molecule has 0 aliphatic heterocycles. The summed E-state index contributed by atoms with van der Waals surface area (Å²) in [5.41, 5.74) is 11.0. The van der Waals surface area contributed by atoms with Gasteiger partial charge >= 0.3 is 5.97 Å². The predicted octanol–water partition coefficient (Wildman–Crippen LogP) is -0.934. The van der Waals surface area contributed by atoms with E-state index in [-0.39, 0.29) is 24.7 Å². The molecule has 5 unspecified atom stereocenters. The SMILES string of the molecule is CCC(C)C(NC(=O)C(CC(C)C)NC(=O)C(CCCCN)NC(=O)C(N)CO)C(=O)O. The van der Waals surface area contributed by atoms with E-state index in [0.29, 0.717) is 25.8 Å². The van der Waals surface area contributed by atoms with Gasteiger partial charge in [0.1, 0.15) is 24.2 Å². The van der Waals surface area contributed by atoms with Crippen molar-refractivity contribution in [3.8, 4) is 0 Å².